The first-order chi connectivity index (χ1) is 23.4. The van der Waals surface area contributed by atoms with Gasteiger partial charge in [-0.15, -0.1) is 0 Å². The molecule has 1 N–H and O–H groups in total. The van der Waals surface area contributed by atoms with E-state index in [9.17, 15) is 14.4 Å². The summed E-state index contributed by atoms with van der Waals surface area (Å²) in [6.07, 6.45) is 5.11. The third-order valence-corrected chi connectivity index (χ3v) is 9.12. The molecule has 0 saturated carbocycles. The third-order valence-electron chi connectivity index (χ3n) is 8.04. The molecule has 8 heterocycles. The molecule has 4 aliphatic heterocycles. The van der Waals surface area contributed by atoms with Gasteiger partial charge < -0.3 is 19.3 Å². The van der Waals surface area contributed by atoms with Crippen LogP contribution in [0.4, 0.5) is 27.8 Å². The Balaban J connectivity index is 0.000000160. The smallest absolute Gasteiger partial charge is 0.373 e. The number of urea groups is 1. The summed E-state index contributed by atoms with van der Waals surface area (Å²) in [5, 5.41) is 6.52. The maximum Gasteiger partial charge on any atom is 0.373 e. The predicted molar refractivity (Wildman–Crippen MR) is 177 cm³/mol. The largest absolute Gasteiger partial charge is 0.464 e. The van der Waals surface area contributed by atoms with Crippen molar-refractivity contribution in [1.82, 2.24) is 18.7 Å². The van der Waals surface area contributed by atoms with E-state index in [1.54, 1.807) is 34.7 Å². The van der Waals surface area contributed by atoms with Crippen LogP contribution in [0, 0.1) is 5.92 Å². The van der Waals surface area contributed by atoms with E-state index in [4.69, 9.17) is 14.3 Å². The summed E-state index contributed by atoms with van der Waals surface area (Å²) >= 11 is 2.73. The summed E-state index contributed by atoms with van der Waals surface area (Å²) < 4.78 is 17.3. The number of amides is 2. The molecule has 2 atom stereocenters. The Hall–Kier alpha value is -5.25. The van der Waals surface area contributed by atoms with Crippen molar-refractivity contribution in [2.24, 2.45) is 5.92 Å². The summed E-state index contributed by atoms with van der Waals surface area (Å²) in [5.41, 5.74) is 3.71. The van der Waals surface area contributed by atoms with Crippen LogP contribution in [0.25, 0.3) is 0 Å². The van der Waals surface area contributed by atoms with Crippen LogP contribution in [0.3, 0.4) is 0 Å². The van der Waals surface area contributed by atoms with Crippen LogP contribution in [0.15, 0.2) is 53.4 Å². The summed E-state index contributed by atoms with van der Waals surface area (Å²) in [6.45, 7) is 3.89. The van der Waals surface area contributed by atoms with Crippen molar-refractivity contribution < 1.29 is 33.4 Å². The van der Waals surface area contributed by atoms with Crippen molar-refractivity contribution in [2.75, 3.05) is 60.4 Å². The van der Waals surface area contributed by atoms with E-state index in [-0.39, 0.29) is 29.9 Å². The molecule has 48 heavy (non-hydrogen) atoms. The second kappa shape index (κ2) is 16.0. The van der Waals surface area contributed by atoms with Crippen molar-refractivity contribution >= 4 is 70.2 Å². The van der Waals surface area contributed by atoms with Crippen LogP contribution in [-0.4, -0.2) is 89.3 Å². The van der Waals surface area contributed by atoms with Crippen molar-refractivity contribution in [2.45, 2.75) is 25.3 Å². The van der Waals surface area contributed by atoms with Gasteiger partial charge in [0.05, 0.1) is 37.3 Å². The lowest BCUT2D eigenvalue weighted by molar-refractivity contribution is -0.191. The Labute approximate surface area is 283 Å². The number of carbonyl (C=O) groups is 3. The highest BCUT2D eigenvalue weighted by atomic mass is 32.1. The van der Waals surface area contributed by atoms with Gasteiger partial charge in [0.1, 0.15) is 11.5 Å². The fraction of sp³-hybridized carbons (Fsp3) is 0.355. The summed E-state index contributed by atoms with van der Waals surface area (Å²) in [5.74, 6) is 0.838. The maximum atomic E-state index is 12.8. The molecule has 0 aromatic carbocycles. The molecular formula is C31H32N8O7S2. The number of anilines is 4. The quantitative estimate of drug-likeness (QED) is 0.307. The normalized spacial score (nSPS) is 17.4. The highest BCUT2D eigenvalue weighted by molar-refractivity contribution is 7.03. The Morgan fingerprint density at radius 2 is 1.56 bits per heavy atom. The molecular weight excluding hydrogens is 661 g/mol. The number of carbonyl (C=O) groups excluding carboxylic acids is 5. The molecule has 2 amide bonds. The van der Waals surface area contributed by atoms with E-state index >= 15 is 0 Å². The minimum Gasteiger partial charge on any atom is -0.464 e. The van der Waals surface area contributed by atoms with Gasteiger partial charge in [-0.25, -0.2) is 28.7 Å². The fourth-order valence-corrected chi connectivity index (χ4v) is 6.78. The van der Waals surface area contributed by atoms with Gasteiger partial charge in [-0.2, -0.15) is 14.0 Å². The SMILES string of the molecule is COC(=O)c1ccc2c(n1)C[C@H]1CCN2C1.COC(=O)c1ccc2c(n1)N(C(=O)Nc1ccsn1)[C@H]1CCN2C1.O=C=O.c1cnsc1. The van der Waals surface area contributed by atoms with Crippen molar-refractivity contribution in [3.05, 3.63) is 70.4 Å². The van der Waals surface area contributed by atoms with E-state index in [1.165, 1.54) is 49.4 Å². The van der Waals surface area contributed by atoms with Gasteiger partial charge in [-0.05, 0) is 84.6 Å². The summed E-state index contributed by atoms with van der Waals surface area (Å²) in [4.78, 5) is 67.2. The first kappa shape index (κ1) is 34.1. The molecule has 250 valence electrons. The van der Waals surface area contributed by atoms with Crippen LogP contribution < -0.4 is 20.0 Å². The van der Waals surface area contributed by atoms with E-state index in [0.717, 1.165) is 50.4 Å². The summed E-state index contributed by atoms with van der Waals surface area (Å²) in [7, 11) is 2.69. The number of aromatic nitrogens is 4. The number of ether oxygens (including phenoxy) is 2. The highest BCUT2D eigenvalue weighted by Gasteiger charge is 2.40. The van der Waals surface area contributed by atoms with Gasteiger partial charge >= 0.3 is 24.1 Å². The van der Waals surface area contributed by atoms with Crippen molar-refractivity contribution in [1.29, 1.82) is 0 Å². The van der Waals surface area contributed by atoms with Crippen molar-refractivity contribution in [3.8, 4) is 0 Å². The molecule has 4 bridgehead atoms. The van der Waals surface area contributed by atoms with E-state index < -0.39 is 5.97 Å². The van der Waals surface area contributed by atoms with Gasteiger partial charge in [0, 0.05) is 43.1 Å². The number of hydrogen-bond acceptors (Lipinski definition) is 15. The van der Waals surface area contributed by atoms with Crippen molar-refractivity contribution in [3.63, 3.8) is 0 Å². The Morgan fingerprint density at radius 3 is 2.19 bits per heavy atom. The molecule has 4 aromatic rings. The lowest BCUT2D eigenvalue weighted by atomic mass is 9.99. The molecule has 8 rings (SSSR count). The molecule has 0 radical (unpaired) electrons. The van der Waals surface area contributed by atoms with Gasteiger partial charge in [-0.1, -0.05) is 0 Å². The molecule has 4 aliphatic rings. The first-order valence-electron chi connectivity index (χ1n) is 14.9. The Bertz CT molecular complexity index is 1730. The monoisotopic (exact) mass is 692 g/mol. The van der Waals surface area contributed by atoms with E-state index in [2.05, 4.69) is 38.6 Å². The van der Waals surface area contributed by atoms with Gasteiger partial charge in [-0.3, -0.25) is 10.2 Å². The number of esters is 2. The maximum absolute atomic E-state index is 12.8. The van der Waals surface area contributed by atoms with Gasteiger partial charge in [0.2, 0.25) is 0 Å². The lowest BCUT2D eigenvalue weighted by Gasteiger charge is -2.35. The Kier molecular flexibility index (Phi) is 11.4. The second-order valence-electron chi connectivity index (χ2n) is 10.8. The number of nitrogens with zero attached hydrogens (tertiary/aromatic N) is 7. The van der Waals surface area contributed by atoms with Crippen LogP contribution in [-0.2, 0) is 25.5 Å². The second-order valence-corrected chi connectivity index (χ2v) is 12.2. The zero-order chi connectivity index (χ0) is 34.0. The fourth-order valence-electron chi connectivity index (χ4n) is 5.95. The van der Waals surface area contributed by atoms with E-state index in [1.807, 2.05) is 23.6 Å². The third kappa shape index (κ3) is 7.82. The highest BCUT2D eigenvalue weighted by Crippen LogP contribution is 2.39. The zero-order valence-electron chi connectivity index (χ0n) is 26.1. The average molecular weight is 693 g/mol. The molecule has 17 heteroatoms. The number of nitrogens with one attached hydrogen (secondary N) is 1. The number of hydrogen-bond donors (Lipinski definition) is 1. The zero-order valence-corrected chi connectivity index (χ0v) is 27.7. The first-order valence-corrected chi connectivity index (χ1v) is 16.6. The molecule has 0 spiro atoms. The number of fused-ring (bicyclic) bond motifs is 8. The summed E-state index contributed by atoms with van der Waals surface area (Å²) in [6, 6.07) is 10.6. The number of methoxy groups -OCH3 is 2. The van der Waals surface area contributed by atoms with Crippen LogP contribution in [0.2, 0.25) is 0 Å². The van der Waals surface area contributed by atoms with Crippen LogP contribution >= 0.6 is 23.1 Å². The molecule has 0 aliphatic carbocycles. The van der Waals surface area contributed by atoms with Crippen LogP contribution in [0.1, 0.15) is 39.5 Å². The molecule has 15 nitrogen and oxygen atoms in total. The molecule has 2 saturated heterocycles. The number of rotatable bonds is 3. The Morgan fingerprint density at radius 1 is 0.875 bits per heavy atom. The number of pyridine rings is 2. The predicted octanol–water partition coefficient (Wildman–Crippen LogP) is 3.77. The molecule has 4 aromatic heterocycles. The van der Waals surface area contributed by atoms with Gasteiger partial charge in [0.15, 0.2) is 11.5 Å². The van der Waals surface area contributed by atoms with Gasteiger partial charge in [0.25, 0.3) is 0 Å². The minimum atomic E-state index is -0.523. The molecule has 2 fully saturated rings. The van der Waals surface area contributed by atoms with E-state index in [0.29, 0.717) is 23.2 Å². The average Bonchev–Trinajstić information content (AvgIpc) is 3.95. The molecule has 0 unspecified atom stereocenters. The lowest BCUT2D eigenvalue weighted by Crippen LogP contribution is -2.48. The standard InChI is InChI=1S/C15H15N5O3S.C12H14N2O2.C3H3NS.CO2/c1-23-14(21)10-2-3-11-13(16-10)20(9-4-6-19(11)8-9)15(22)17-12-5-7-24-18-12;1-16-12(15)9-2-3-11-10(13-9)6-8-4-5-14(11)7-8;1-2-4-5-3-1;2-1-3/h2-3,5,7,9H,4,6,8H2,1H3,(H,17,18,22);2-3,8H,4-7H2,1H3;1-3H;/t9-;8-;;/m01../s1. The topological polar surface area (TPSA) is 177 Å². The van der Waals surface area contributed by atoms with Crippen LogP contribution in [0.5, 0.6) is 0 Å². The minimum absolute atomic E-state index is 0.0246.